The van der Waals surface area contributed by atoms with E-state index in [1.54, 1.807) is 6.33 Å². The van der Waals surface area contributed by atoms with Gasteiger partial charge in [0.05, 0.1) is 25.1 Å². The fraction of sp³-hybridized carbons (Fsp3) is 0.500. The maximum absolute atomic E-state index is 6.57. The number of aromatic nitrogens is 4. The van der Waals surface area contributed by atoms with Gasteiger partial charge in [0.15, 0.2) is 29.8 Å². The highest BCUT2D eigenvalue weighted by atomic mass is 16.8. The van der Waals surface area contributed by atoms with E-state index >= 15 is 0 Å². The first-order valence-electron chi connectivity index (χ1n) is 10.7. The van der Waals surface area contributed by atoms with Crippen LogP contribution in [-0.2, 0) is 23.7 Å². The lowest BCUT2D eigenvalue weighted by atomic mass is 10.0. The van der Waals surface area contributed by atoms with Crippen molar-refractivity contribution in [3.8, 4) is 0 Å². The van der Waals surface area contributed by atoms with Gasteiger partial charge < -0.3 is 29.4 Å². The molecule has 32 heavy (non-hydrogen) atoms. The molecule has 3 saturated heterocycles. The zero-order valence-electron chi connectivity index (χ0n) is 17.8. The predicted octanol–water partition coefficient (Wildman–Crippen LogP) is 2.33. The summed E-state index contributed by atoms with van der Waals surface area (Å²) in [5.41, 5.74) is 8.06. The van der Waals surface area contributed by atoms with Crippen LogP contribution in [-0.4, -0.2) is 56.3 Å². The largest absolute Gasteiger partial charge is 0.382 e. The molecule has 0 spiro atoms. The first-order valence-corrected chi connectivity index (χ1v) is 10.7. The molecule has 3 aliphatic rings. The van der Waals surface area contributed by atoms with Crippen LogP contribution in [0.25, 0.3) is 11.2 Å². The van der Waals surface area contributed by atoms with Crippen molar-refractivity contribution in [3.05, 3.63) is 48.5 Å². The molecule has 0 amide bonds. The molecule has 1 unspecified atom stereocenters. The molecule has 6 atom stereocenters. The van der Waals surface area contributed by atoms with Crippen LogP contribution in [0.15, 0.2) is 43.0 Å². The van der Waals surface area contributed by atoms with E-state index in [0.717, 1.165) is 5.56 Å². The summed E-state index contributed by atoms with van der Waals surface area (Å²) >= 11 is 0. The molecule has 2 aromatic heterocycles. The highest BCUT2D eigenvalue weighted by Crippen LogP contribution is 2.43. The SMILES string of the molecule is CC1(C)O[C@H]2[C@H](n3cnc4c(N)ncnc43)O[C@@H]3COC(c4ccccc4)O[C@H]3C[C@H]2O1. The van der Waals surface area contributed by atoms with Gasteiger partial charge in [0.1, 0.15) is 24.1 Å². The van der Waals surface area contributed by atoms with Gasteiger partial charge in [-0.15, -0.1) is 0 Å². The Morgan fingerprint density at radius 1 is 1.00 bits per heavy atom. The fourth-order valence-electron chi connectivity index (χ4n) is 4.75. The van der Waals surface area contributed by atoms with Crippen molar-refractivity contribution in [3.63, 3.8) is 0 Å². The number of hydrogen-bond acceptors (Lipinski definition) is 9. The van der Waals surface area contributed by atoms with Crippen molar-refractivity contribution in [1.82, 2.24) is 19.5 Å². The highest BCUT2D eigenvalue weighted by molar-refractivity contribution is 5.81. The molecule has 0 bridgehead atoms. The summed E-state index contributed by atoms with van der Waals surface area (Å²) in [4.78, 5) is 12.8. The Labute approximate surface area is 184 Å². The van der Waals surface area contributed by atoms with E-state index in [1.807, 2.05) is 48.7 Å². The van der Waals surface area contributed by atoms with E-state index in [9.17, 15) is 0 Å². The van der Waals surface area contributed by atoms with Gasteiger partial charge in [0.25, 0.3) is 0 Å². The molecule has 0 aliphatic carbocycles. The molecular formula is C22H25N5O5. The van der Waals surface area contributed by atoms with Gasteiger partial charge in [-0.2, -0.15) is 0 Å². The first-order chi connectivity index (χ1) is 15.5. The van der Waals surface area contributed by atoms with E-state index < -0.39 is 18.3 Å². The number of anilines is 1. The minimum atomic E-state index is -0.752. The van der Waals surface area contributed by atoms with Gasteiger partial charge in [-0.05, 0) is 13.8 Å². The molecule has 2 N–H and O–H groups in total. The summed E-state index contributed by atoms with van der Waals surface area (Å²) in [6.07, 6.45) is 1.54. The van der Waals surface area contributed by atoms with Crippen molar-refractivity contribution >= 4 is 17.0 Å². The third-order valence-corrected chi connectivity index (χ3v) is 6.14. The average Bonchev–Trinajstić information content (AvgIpc) is 3.31. The smallest absolute Gasteiger partial charge is 0.184 e. The third kappa shape index (κ3) is 3.35. The minimum Gasteiger partial charge on any atom is -0.382 e. The van der Waals surface area contributed by atoms with Crippen molar-refractivity contribution in [1.29, 1.82) is 0 Å². The number of nitrogens with zero attached hydrogens (tertiary/aromatic N) is 4. The summed E-state index contributed by atoms with van der Waals surface area (Å²) in [5.74, 6) is -0.436. The van der Waals surface area contributed by atoms with E-state index in [0.29, 0.717) is 30.0 Å². The Morgan fingerprint density at radius 3 is 2.69 bits per heavy atom. The fourth-order valence-corrected chi connectivity index (χ4v) is 4.75. The van der Waals surface area contributed by atoms with Gasteiger partial charge in [-0.25, -0.2) is 15.0 Å². The summed E-state index contributed by atoms with van der Waals surface area (Å²) in [5, 5.41) is 0. The predicted molar refractivity (Wildman–Crippen MR) is 112 cm³/mol. The second-order valence-electron chi connectivity index (χ2n) is 8.77. The van der Waals surface area contributed by atoms with Gasteiger partial charge >= 0.3 is 0 Å². The Morgan fingerprint density at radius 2 is 1.84 bits per heavy atom. The Hall–Kier alpha value is -2.63. The molecule has 6 rings (SSSR count). The highest BCUT2D eigenvalue weighted by Gasteiger charge is 2.53. The molecular weight excluding hydrogens is 414 g/mol. The zero-order valence-corrected chi connectivity index (χ0v) is 17.8. The minimum absolute atomic E-state index is 0.224. The molecule has 0 radical (unpaired) electrons. The number of rotatable bonds is 2. The summed E-state index contributed by atoms with van der Waals surface area (Å²) in [6.45, 7) is 4.19. The third-order valence-electron chi connectivity index (χ3n) is 6.14. The number of ether oxygens (including phenoxy) is 5. The lowest BCUT2D eigenvalue weighted by Gasteiger charge is -2.37. The number of hydrogen-bond donors (Lipinski definition) is 1. The normalized spacial score (nSPS) is 34.1. The standard InChI is InChI=1S/C22H25N5O5/c1-22(2)31-14-8-13-15(9-28-21(30-13)12-6-4-3-5-7-12)29-20(17(14)32-22)27-11-26-16-18(23)24-10-25-19(16)27/h3-7,10-11,13-15,17,20-21H,8-9H2,1-2H3,(H2,23,24,25)/t13-,14+,15+,17+,20+,21?/m0/s1. The van der Waals surface area contributed by atoms with Gasteiger partial charge in [0, 0.05) is 12.0 Å². The second-order valence-corrected chi connectivity index (χ2v) is 8.77. The molecule has 5 heterocycles. The van der Waals surface area contributed by atoms with Gasteiger partial charge in [-0.1, -0.05) is 30.3 Å². The van der Waals surface area contributed by atoms with Crippen molar-refractivity contribution < 1.29 is 23.7 Å². The number of imidazole rings is 1. The van der Waals surface area contributed by atoms with E-state index in [1.165, 1.54) is 6.33 Å². The maximum Gasteiger partial charge on any atom is 0.184 e. The molecule has 0 saturated carbocycles. The Bertz CT molecular complexity index is 1120. The lowest BCUT2D eigenvalue weighted by molar-refractivity contribution is -0.284. The van der Waals surface area contributed by atoms with E-state index in [4.69, 9.17) is 29.4 Å². The van der Waals surface area contributed by atoms with Crippen LogP contribution in [0.4, 0.5) is 5.82 Å². The summed E-state index contributed by atoms with van der Waals surface area (Å²) in [6, 6.07) is 9.90. The summed E-state index contributed by atoms with van der Waals surface area (Å²) < 4.78 is 33.3. The topological polar surface area (TPSA) is 116 Å². The zero-order chi connectivity index (χ0) is 21.9. The Balaban J connectivity index is 1.35. The number of nitrogen functional groups attached to an aromatic ring is 1. The van der Waals surface area contributed by atoms with Crippen LogP contribution in [0, 0.1) is 0 Å². The number of benzene rings is 1. The van der Waals surface area contributed by atoms with Crippen LogP contribution in [0.3, 0.4) is 0 Å². The van der Waals surface area contributed by atoms with Crippen LogP contribution < -0.4 is 5.73 Å². The molecule has 3 aromatic rings. The maximum atomic E-state index is 6.57. The van der Waals surface area contributed by atoms with Crippen molar-refractivity contribution in [2.75, 3.05) is 12.3 Å². The Kier molecular flexibility index (Phi) is 4.67. The lowest BCUT2D eigenvalue weighted by Crippen LogP contribution is -2.43. The van der Waals surface area contributed by atoms with Gasteiger partial charge in [0.2, 0.25) is 0 Å². The number of fused-ring (bicyclic) bond motifs is 3. The van der Waals surface area contributed by atoms with Gasteiger partial charge in [-0.3, -0.25) is 4.57 Å². The molecule has 3 aliphatic heterocycles. The average molecular weight is 439 g/mol. The molecule has 1 aromatic carbocycles. The molecule has 168 valence electrons. The van der Waals surface area contributed by atoms with E-state index in [-0.39, 0.29) is 24.4 Å². The molecule has 10 heteroatoms. The van der Waals surface area contributed by atoms with Crippen LogP contribution in [0.2, 0.25) is 0 Å². The van der Waals surface area contributed by atoms with Crippen LogP contribution in [0.5, 0.6) is 0 Å². The molecule has 10 nitrogen and oxygen atoms in total. The first kappa shape index (κ1) is 20.0. The van der Waals surface area contributed by atoms with Crippen LogP contribution >= 0.6 is 0 Å². The van der Waals surface area contributed by atoms with Crippen LogP contribution in [0.1, 0.15) is 38.3 Å². The van der Waals surface area contributed by atoms with Crippen molar-refractivity contribution in [2.24, 2.45) is 0 Å². The van der Waals surface area contributed by atoms with Crippen molar-refractivity contribution in [2.45, 2.75) is 63.0 Å². The monoisotopic (exact) mass is 439 g/mol. The molecule has 3 fully saturated rings. The second kappa shape index (κ2) is 7.46. The number of nitrogens with two attached hydrogens (primary N) is 1. The van der Waals surface area contributed by atoms with E-state index in [2.05, 4.69) is 15.0 Å². The summed E-state index contributed by atoms with van der Waals surface area (Å²) in [7, 11) is 0. The quantitative estimate of drug-likeness (QED) is 0.642.